The molecule has 2 nitrogen and oxygen atoms in total. The van der Waals surface area contributed by atoms with Crippen LogP contribution in [0.1, 0.15) is 23.0 Å². The molecule has 0 saturated heterocycles. The normalized spacial score (nSPS) is 10.8. The summed E-state index contributed by atoms with van der Waals surface area (Å²) in [6.07, 6.45) is 0. The molecule has 0 radical (unpaired) electrons. The fourth-order valence-electron chi connectivity index (χ4n) is 1.46. The average Bonchev–Trinajstić information content (AvgIpc) is 2.47. The van der Waals surface area contributed by atoms with E-state index in [1.54, 1.807) is 12.1 Å². The first-order chi connectivity index (χ1) is 6.58. The van der Waals surface area contributed by atoms with Crippen LogP contribution >= 0.6 is 11.6 Å². The van der Waals surface area contributed by atoms with Gasteiger partial charge in [0.15, 0.2) is 11.5 Å². The summed E-state index contributed by atoms with van der Waals surface area (Å²) < 4.78 is 5.41. The van der Waals surface area contributed by atoms with Gasteiger partial charge >= 0.3 is 0 Å². The summed E-state index contributed by atoms with van der Waals surface area (Å²) in [5.41, 5.74) is 1.68. The lowest BCUT2D eigenvalue weighted by atomic mass is 10.2. The number of rotatable bonds is 1. The topological polar surface area (TPSA) is 30.2 Å². The summed E-state index contributed by atoms with van der Waals surface area (Å²) in [4.78, 5) is 11.1. The van der Waals surface area contributed by atoms with Crippen LogP contribution in [0, 0.1) is 6.92 Å². The summed E-state index contributed by atoms with van der Waals surface area (Å²) in [6, 6.07) is 5.33. The minimum atomic E-state index is -0.0725. The third-order valence-electron chi connectivity index (χ3n) is 2.11. The molecule has 0 N–H and O–H groups in total. The molecule has 0 amide bonds. The molecule has 1 aromatic heterocycles. The van der Waals surface area contributed by atoms with Crippen LogP contribution in [0.4, 0.5) is 0 Å². The summed E-state index contributed by atoms with van der Waals surface area (Å²) in [5.74, 6) is 0.307. The number of hydrogen-bond donors (Lipinski definition) is 0. The zero-order valence-electron chi connectivity index (χ0n) is 7.93. The van der Waals surface area contributed by atoms with Crippen molar-refractivity contribution in [2.24, 2.45) is 0 Å². The number of carbonyl (C=O) groups is 1. The molecule has 72 valence electrons. The highest BCUT2D eigenvalue weighted by atomic mass is 35.5. The summed E-state index contributed by atoms with van der Waals surface area (Å²) >= 11 is 5.89. The van der Waals surface area contributed by atoms with Crippen LogP contribution in [-0.2, 0) is 0 Å². The van der Waals surface area contributed by atoms with Gasteiger partial charge < -0.3 is 4.42 Å². The summed E-state index contributed by atoms with van der Waals surface area (Å²) in [7, 11) is 0. The summed E-state index contributed by atoms with van der Waals surface area (Å²) in [6.45, 7) is 3.39. The quantitative estimate of drug-likeness (QED) is 0.671. The molecule has 0 bridgehead atoms. The molecule has 0 unspecified atom stereocenters. The van der Waals surface area contributed by atoms with Crippen molar-refractivity contribution in [3.05, 3.63) is 34.5 Å². The Morgan fingerprint density at radius 3 is 2.71 bits per heavy atom. The van der Waals surface area contributed by atoms with Crippen molar-refractivity contribution in [2.45, 2.75) is 13.8 Å². The molecule has 1 aromatic carbocycles. The van der Waals surface area contributed by atoms with Crippen LogP contribution in [0.25, 0.3) is 11.0 Å². The van der Waals surface area contributed by atoms with Crippen molar-refractivity contribution in [3.8, 4) is 0 Å². The standard InChI is InChI=1S/C11H9ClO2/c1-6-3-9(12)4-8-5-10(7(2)13)14-11(6)8/h3-5H,1-2H3. The van der Waals surface area contributed by atoms with Crippen molar-refractivity contribution >= 4 is 28.4 Å². The van der Waals surface area contributed by atoms with Crippen LogP contribution in [-0.4, -0.2) is 5.78 Å². The first kappa shape index (κ1) is 9.28. The third-order valence-corrected chi connectivity index (χ3v) is 2.33. The SMILES string of the molecule is CC(=O)c1cc2cc(Cl)cc(C)c2o1. The molecule has 0 atom stereocenters. The highest BCUT2D eigenvalue weighted by molar-refractivity contribution is 6.31. The number of furan rings is 1. The van der Waals surface area contributed by atoms with E-state index in [4.69, 9.17) is 16.0 Å². The first-order valence-corrected chi connectivity index (χ1v) is 4.66. The Labute approximate surface area is 86.5 Å². The molecule has 0 spiro atoms. The Kier molecular flexibility index (Phi) is 2.08. The van der Waals surface area contributed by atoms with Gasteiger partial charge in [-0.2, -0.15) is 0 Å². The molecule has 1 heterocycles. The minimum Gasteiger partial charge on any atom is -0.453 e. The number of hydrogen-bond acceptors (Lipinski definition) is 2. The average molecular weight is 209 g/mol. The first-order valence-electron chi connectivity index (χ1n) is 4.28. The maximum atomic E-state index is 11.1. The van der Waals surface area contributed by atoms with Gasteiger partial charge in [-0.15, -0.1) is 0 Å². The van der Waals surface area contributed by atoms with Gasteiger partial charge in [0.1, 0.15) is 5.58 Å². The van der Waals surface area contributed by atoms with Gasteiger partial charge in [0.05, 0.1) is 0 Å². The lowest BCUT2D eigenvalue weighted by molar-refractivity contribution is 0.0989. The maximum absolute atomic E-state index is 11.1. The predicted octanol–water partition coefficient (Wildman–Crippen LogP) is 3.60. The molecule has 2 aromatic rings. The molecule has 0 aliphatic heterocycles. The maximum Gasteiger partial charge on any atom is 0.194 e. The van der Waals surface area contributed by atoms with E-state index in [1.165, 1.54) is 6.92 Å². The highest BCUT2D eigenvalue weighted by Gasteiger charge is 2.09. The van der Waals surface area contributed by atoms with Crippen LogP contribution in [0.5, 0.6) is 0 Å². The molecular weight excluding hydrogens is 200 g/mol. The van der Waals surface area contributed by atoms with Crippen LogP contribution in [0.3, 0.4) is 0 Å². The highest BCUT2D eigenvalue weighted by Crippen LogP contribution is 2.26. The van der Waals surface area contributed by atoms with E-state index in [0.29, 0.717) is 10.8 Å². The van der Waals surface area contributed by atoms with E-state index < -0.39 is 0 Å². The van der Waals surface area contributed by atoms with Crippen molar-refractivity contribution < 1.29 is 9.21 Å². The molecule has 0 aliphatic rings. The van der Waals surface area contributed by atoms with Crippen molar-refractivity contribution in [3.63, 3.8) is 0 Å². The van der Waals surface area contributed by atoms with E-state index in [1.807, 2.05) is 13.0 Å². The molecular formula is C11H9ClO2. The van der Waals surface area contributed by atoms with E-state index in [2.05, 4.69) is 0 Å². The van der Waals surface area contributed by atoms with Gasteiger partial charge in [-0.25, -0.2) is 0 Å². The van der Waals surface area contributed by atoms with Crippen molar-refractivity contribution in [2.75, 3.05) is 0 Å². The van der Waals surface area contributed by atoms with Gasteiger partial charge in [-0.1, -0.05) is 11.6 Å². The Balaban J connectivity index is 2.76. The molecule has 0 aliphatic carbocycles. The number of fused-ring (bicyclic) bond motifs is 1. The molecule has 2 rings (SSSR count). The van der Waals surface area contributed by atoms with Gasteiger partial charge in [0.2, 0.25) is 0 Å². The van der Waals surface area contributed by atoms with Crippen molar-refractivity contribution in [1.29, 1.82) is 0 Å². The zero-order chi connectivity index (χ0) is 10.3. The lowest BCUT2D eigenvalue weighted by Crippen LogP contribution is -1.85. The fourth-order valence-corrected chi connectivity index (χ4v) is 1.74. The Morgan fingerprint density at radius 1 is 1.36 bits per heavy atom. The monoisotopic (exact) mass is 208 g/mol. The molecule has 0 fully saturated rings. The molecule has 3 heteroatoms. The number of ketones is 1. The Morgan fingerprint density at radius 2 is 2.07 bits per heavy atom. The summed E-state index contributed by atoms with van der Waals surface area (Å²) in [5, 5.41) is 1.53. The largest absolute Gasteiger partial charge is 0.453 e. The predicted molar refractivity (Wildman–Crippen MR) is 56.0 cm³/mol. The molecule has 0 saturated carbocycles. The Hall–Kier alpha value is -1.28. The smallest absolute Gasteiger partial charge is 0.194 e. The second kappa shape index (κ2) is 3.14. The third kappa shape index (κ3) is 1.42. The van der Waals surface area contributed by atoms with Crippen molar-refractivity contribution in [1.82, 2.24) is 0 Å². The number of Topliss-reactive ketones (excluding diaryl/α,β-unsaturated/α-hetero) is 1. The van der Waals surface area contributed by atoms with Crippen LogP contribution < -0.4 is 0 Å². The number of carbonyl (C=O) groups excluding carboxylic acids is 1. The van der Waals surface area contributed by atoms with Gasteiger partial charge in [-0.05, 0) is 30.7 Å². The number of halogens is 1. The van der Waals surface area contributed by atoms with E-state index in [9.17, 15) is 4.79 Å². The molecule has 14 heavy (non-hydrogen) atoms. The van der Waals surface area contributed by atoms with Gasteiger partial charge in [0, 0.05) is 17.3 Å². The van der Waals surface area contributed by atoms with E-state index in [0.717, 1.165) is 16.5 Å². The number of aryl methyl sites for hydroxylation is 1. The van der Waals surface area contributed by atoms with Gasteiger partial charge in [0.25, 0.3) is 0 Å². The second-order valence-corrected chi connectivity index (χ2v) is 3.74. The number of benzene rings is 1. The minimum absolute atomic E-state index is 0.0725. The van der Waals surface area contributed by atoms with Crippen LogP contribution in [0.15, 0.2) is 22.6 Å². The Bertz CT molecular complexity index is 511. The van der Waals surface area contributed by atoms with Gasteiger partial charge in [-0.3, -0.25) is 4.79 Å². The van der Waals surface area contributed by atoms with Crippen LogP contribution in [0.2, 0.25) is 5.02 Å². The fraction of sp³-hybridized carbons (Fsp3) is 0.182. The zero-order valence-corrected chi connectivity index (χ0v) is 8.68. The van der Waals surface area contributed by atoms with E-state index in [-0.39, 0.29) is 5.78 Å². The second-order valence-electron chi connectivity index (χ2n) is 3.31. The van der Waals surface area contributed by atoms with E-state index >= 15 is 0 Å². The lowest BCUT2D eigenvalue weighted by Gasteiger charge is -1.94.